The van der Waals surface area contributed by atoms with E-state index in [1.165, 1.54) is 0 Å². The molecule has 0 aromatic carbocycles. The van der Waals surface area contributed by atoms with Gasteiger partial charge in [-0.3, -0.25) is 24.0 Å². The number of primary amides is 1. The Morgan fingerprint density at radius 3 is 1.91 bits per heavy atom. The third kappa shape index (κ3) is 12.7. The molecule has 0 aliphatic carbocycles. The molecule has 35 heavy (non-hydrogen) atoms. The second-order valence-corrected chi connectivity index (χ2v) is 8.33. The van der Waals surface area contributed by atoms with Crippen LogP contribution < -0.4 is 33.2 Å². The molecule has 0 fully saturated rings. The molecule has 4 amide bonds. The van der Waals surface area contributed by atoms with E-state index >= 15 is 0 Å². The molecule has 0 aliphatic rings. The molecule has 0 bridgehead atoms. The topological polar surface area (TPSA) is 257 Å². The molecule has 0 rings (SSSR count). The molecule has 0 heterocycles. The Morgan fingerprint density at radius 2 is 1.43 bits per heavy atom. The van der Waals surface area contributed by atoms with Gasteiger partial charge in [0.05, 0.1) is 12.5 Å². The van der Waals surface area contributed by atoms with Crippen molar-refractivity contribution in [3.05, 3.63) is 0 Å². The summed E-state index contributed by atoms with van der Waals surface area (Å²) in [5.41, 5.74) is 16.3. The van der Waals surface area contributed by atoms with Crippen LogP contribution in [0.5, 0.6) is 0 Å². The number of nitrogens with two attached hydrogens (primary N) is 3. The number of carbonyl (C=O) groups excluding carboxylic acids is 4. The van der Waals surface area contributed by atoms with Crippen LogP contribution in [0.4, 0.5) is 0 Å². The molecule has 0 aromatic heterocycles. The zero-order chi connectivity index (χ0) is 27.1. The van der Waals surface area contributed by atoms with Crippen LogP contribution in [0.15, 0.2) is 0 Å². The van der Waals surface area contributed by atoms with E-state index in [0.29, 0.717) is 25.8 Å². The molecular weight excluding hydrogens is 464 g/mol. The van der Waals surface area contributed by atoms with Gasteiger partial charge in [-0.15, -0.1) is 0 Å². The molecule has 0 aliphatic heterocycles. The Hall–Kier alpha value is -3.26. The molecule has 14 heteroatoms. The second-order valence-electron chi connectivity index (χ2n) is 8.33. The summed E-state index contributed by atoms with van der Waals surface area (Å²) in [5, 5.41) is 25.5. The van der Waals surface area contributed by atoms with Crippen LogP contribution in [-0.2, 0) is 28.8 Å². The van der Waals surface area contributed by atoms with Gasteiger partial charge in [0.1, 0.15) is 18.1 Å². The average molecular weight is 503 g/mol. The largest absolute Gasteiger partial charge is 0.481 e. The molecule has 0 radical (unpaired) electrons. The molecule has 11 N–H and O–H groups in total. The molecule has 200 valence electrons. The van der Waals surface area contributed by atoms with Crippen molar-refractivity contribution in [2.45, 2.75) is 83.0 Å². The van der Waals surface area contributed by atoms with Gasteiger partial charge in [0.2, 0.25) is 23.6 Å². The minimum Gasteiger partial charge on any atom is -0.481 e. The maximum Gasteiger partial charge on any atom is 0.326 e. The second kappa shape index (κ2) is 16.4. The quantitative estimate of drug-likeness (QED) is 0.0935. The number of hydrogen-bond donors (Lipinski definition) is 8. The fraction of sp³-hybridized carbons (Fsp3) is 0.714. The van der Waals surface area contributed by atoms with Crippen LogP contribution in [-0.4, -0.2) is 76.5 Å². The molecular formula is C21H38N6O8. The maximum atomic E-state index is 12.8. The first-order valence-corrected chi connectivity index (χ1v) is 11.4. The minimum atomic E-state index is -1.57. The van der Waals surface area contributed by atoms with Gasteiger partial charge in [-0.05, 0) is 31.7 Å². The van der Waals surface area contributed by atoms with E-state index in [1.807, 2.05) is 0 Å². The lowest BCUT2D eigenvalue weighted by Crippen LogP contribution is -2.58. The highest BCUT2D eigenvalue weighted by molar-refractivity contribution is 5.95. The van der Waals surface area contributed by atoms with Crippen molar-refractivity contribution in [3.8, 4) is 0 Å². The first-order chi connectivity index (χ1) is 16.3. The first kappa shape index (κ1) is 31.7. The number of carboxylic acids is 2. The lowest BCUT2D eigenvalue weighted by Gasteiger charge is -2.26. The van der Waals surface area contributed by atoms with Gasteiger partial charge in [-0.25, -0.2) is 4.79 Å². The van der Waals surface area contributed by atoms with Crippen molar-refractivity contribution in [3.63, 3.8) is 0 Å². The summed E-state index contributed by atoms with van der Waals surface area (Å²) in [6.07, 6.45) is 0.491. The van der Waals surface area contributed by atoms with Gasteiger partial charge in [0.15, 0.2) is 0 Å². The van der Waals surface area contributed by atoms with Gasteiger partial charge in [0.25, 0.3) is 0 Å². The van der Waals surface area contributed by atoms with Gasteiger partial charge >= 0.3 is 11.9 Å². The number of amides is 4. The maximum absolute atomic E-state index is 12.8. The van der Waals surface area contributed by atoms with Crippen LogP contribution in [0, 0.1) is 5.92 Å². The van der Waals surface area contributed by atoms with Crippen molar-refractivity contribution in [1.29, 1.82) is 0 Å². The lowest BCUT2D eigenvalue weighted by atomic mass is 9.98. The van der Waals surface area contributed by atoms with Crippen LogP contribution in [0.3, 0.4) is 0 Å². The van der Waals surface area contributed by atoms with Crippen molar-refractivity contribution in [2.75, 3.05) is 6.54 Å². The zero-order valence-electron chi connectivity index (χ0n) is 20.1. The van der Waals surface area contributed by atoms with E-state index in [9.17, 15) is 33.9 Å². The molecule has 0 saturated heterocycles. The number of aliphatic carboxylic acids is 2. The Kier molecular flexibility index (Phi) is 14.9. The average Bonchev–Trinajstić information content (AvgIpc) is 2.78. The number of hydrogen-bond acceptors (Lipinski definition) is 8. The Balaban J connectivity index is 5.56. The van der Waals surface area contributed by atoms with E-state index in [0.717, 1.165) is 0 Å². The van der Waals surface area contributed by atoms with Crippen LogP contribution in [0.25, 0.3) is 0 Å². The third-order valence-corrected chi connectivity index (χ3v) is 5.41. The fourth-order valence-corrected chi connectivity index (χ4v) is 3.07. The molecule has 5 unspecified atom stereocenters. The normalized spacial score (nSPS) is 15.1. The fourth-order valence-electron chi connectivity index (χ4n) is 3.07. The van der Waals surface area contributed by atoms with E-state index in [2.05, 4.69) is 16.0 Å². The van der Waals surface area contributed by atoms with Crippen molar-refractivity contribution in [2.24, 2.45) is 23.1 Å². The van der Waals surface area contributed by atoms with Gasteiger partial charge in [-0.1, -0.05) is 26.7 Å². The van der Waals surface area contributed by atoms with E-state index in [1.54, 1.807) is 13.8 Å². The molecule has 0 saturated carbocycles. The Labute approximate surface area is 203 Å². The SMILES string of the molecule is CCC(C)C(NC(=O)C(CCC(N)=O)NC(=O)C(CC(=O)O)NC(=O)C(N)CCCCN)C(=O)O. The highest BCUT2D eigenvalue weighted by atomic mass is 16.4. The Morgan fingerprint density at radius 1 is 0.857 bits per heavy atom. The summed E-state index contributed by atoms with van der Waals surface area (Å²) >= 11 is 0. The monoisotopic (exact) mass is 502 g/mol. The number of carboxylic acid groups (broad SMARTS) is 2. The van der Waals surface area contributed by atoms with Gasteiger partial charge < -0.3 is 43.4 Å². The van der Waals surface area contributed by atoms with E-state index in [4.69, 9.17) is 22.3 Å². The van der Waals surface area contributed by atoms with Crippen LogP contribution in [0.2, 0.25) is 0 Å². The van der Waals surface area contributed by atoms with Crippen LogP contribution >= 0.6 is 0 Å². The smallest absolute Gasteiger partial charge is 0.326 e. The standard InChI is InChI=1S/C21H38N6O8/c1-3-11(2)17(21(34)35)27-19(32)13(7-8-15(24)28)25-20(33)14(10-16(29)30)26-18(31)12(23)6-4-5-9-22/h11-14,17H,3-10,22-23H2,1-2H3,(H2,24,28)(H,25,33)(H,26,31)(H,27,32)(H,29,30)(H,34,35). The van der Waals surface area contributed by atoms with E-state index in [-0.39, 0.29) is 19.3 Å². The first-order valence-electron chi connectivity index (χ1n) is 11.4. The van der Waals surface area contributed by atoms with Crippen molar-refractivity contribution >= 4 is 35.6 Å². The van der Waals surface area contributed by atoms with Gasteiger partial charge in [-0.2, -0.15) is 0 Å². The molecule has 5 atom stereocenters. The molecule has 14 nitrogen and oxygen atoms in total. The third-order valence-electron chi connectivity index (χ3n) is 5.41. The molecule has 0 spiro atoms. The number of unbranched alkanes of at least 4 members (excludes halogenated alkanes) is 1. The predicted octanol–water partition coefficient (Wildman–Crippen LogP) is -2.23. The minimum absolute atomic E-state index is 0.264. The van der Waals surface area contributed by atoms with Crippen molar-refractivity contribution < 1.29 is 39.0 Å². The summed E-state index contributed by atoms with van der Waals surface area (Å²) < 4.78 is 0. The summed E-state index contributed by atoms with van der Waals surface area (Å²) in [6, 6.07) is -5.26. The summed E-state index contributed by atoms with van der Waals surface area (Å²) in [6.45, 7) is 3.76. The number of rotatable bonds is 18. The molecule has 0 aromatic rings. The predicted molar refractivity (Wildman–Crippen MR) is 124 cm³/mol. The lowest BCUT2D eigenvalue weighted by molar-refractivity contribution is -0.144. The number of nitrogens with one attached hydrogen (secondary N) is 3. The summed E-state index contributed by atoms with van der Waals surface area (Å²) in [4.78, 5) is 72.0. The van der Waals surface area contributed by atoms with Crippen LogP contribution in [0.1, 0.15) is 58.8 Å². The van der Waals surface area contributed by atoms with E-state index < -0.39 is 72.1 Å². The van der Waals surface area contributed by atoms with Crippen molar-refractivity contribution in [1.82, 2.24) is 16.0 Å². The Bertz CT molecular complexity index is 762. The highest BCUT2D eigenvalue weighted by Gasteiger charge is 2.32. The number of carbonyl (C=O) groups is 6. The summed E-state index contributed by atoms with van der Waals surface area (Å²) in [5.74, 6) is -6.57. The van der Waals surface area contributed by atoms with Gasteiger partial charge in [0, 0.05) is 6.42 Å². The zero-order valence-corrected chi connectivity index (χ0v) is 20.1. The highest BCUT2D eigenvalue weighted by Crippen LogP contribution is 2.10. The summed E-state index contributed by atoms with van der Waals surface area (Å²) in [7, 11) is 0.